The minimum absolute atomic E-state index is 0.0879. The molecule has 0 unspecified atom stereocenters. The number of carboxylic acids is 1. The van der Waals surface area contributed by atoms with E-state index in [1.807, 2.05) is 27.7 Å². The van der Waals surface area contributed by atoms with E-state index in [0.717, 1.165) is 37.0 Å². The number of carbonyl (C=O) groups is 3. The van der Waals surface area contributed by atoms with Crippen LogP contribution in [0.25, 0.3) is 0 Å². The summed E-state index contributed by atoms with van der Waals surface area (Å²) in [6, 6.07) is 1.24. The zero-order valence-electron chi connectivity index (χ0n) is 20.3. The summed E-state index contributed by atoms with van der Waals surface area (Å²) in [5.74, 6) is 5.35. The monoisotopic (exact) mass is 460 g/mol. The van der Waals surface area contributed by atoms with Crippen molar-refractivity contribution < 1.29 is 19.5 Å². The van der Waals surface area contributed by atoms with Crippen LogP contribution >= 0.6 is 11.3 Å². The molecule has 2 rings (SSSR count). The van der Waals surface area contributed by atoms with E-state index in [1.165, 1.54) is 4.90 Å². The molecule has 32 heavy (non-hydrogen) atoms. The van der Waals surface area contributed by atoms with E-state index in [0.29, 0.717) is 16.5 Å². The number of thiophene rings is 1. The Bertz CT molecular complexity index is 909. The van der Waals surface area contributed by atoms with Gasteiger partial charge in [-0.25, -0.2) is 4.79 Å². The van der Waals surface area contributed by atoms with Crippen LogP contribution in [0.5, 0.6) is 0 Å². The van der Waals surface area contributed by atoms with Gasteiger partial charge in [0, 0.05) is 37.9 Å². The fourth-order valence-electron chi connectivity index (χ4n) is 3.83. The summed E-state index contributed by atoms with van der Waals surface area (Å²) in [6.45, 7) is 9.97. The molecular formula is C25H36N2O4S. The van der Waals surface area contributed by atoms with E-state index in [9.17, 15) is 19.5 Å². The second-order valence-corrected chi connectivity index (χ2v) is 11.2. The predicted octanol–water partition coefficient (Wildman–Crippen LogP) is 4.87. The molecule has 0 aliphatic heterocycles. The van der Waals surface area contributed by atoms with Gasteiger partial charge in [0.05, 0.1) is 10.6 Å². The molecule has 1 fully saturated rings. The summed E-state index contributed by atoms with van der Waals surface area (Å²) in [6.07, 6.45) is 3.65. The third-order valence-electron chi connectivity index (χ3n) is 5.74. The van der Waals surface area contributed by atoms with Gasteiger partial charge in [0.1, 0.15) is 4.88 Å². The molecule has 0 bridgehead atoms. The number of amides is 2. The van der Waals surface area contributed by atoms with Crippen molar-refractivity contribution in [3.05, 3.63) is 15.8 Å². The van der Waals surface area contributed by atoms with Crippen LogP contribution in [-0.4, -0.2) is 47.9 Å². The fourth-order valence-corrected chi connectivity index (χ4v) is 4.67. The molecule has 1 aliphatic carbocycles. The van der Waals surface area contributed by atoms with Crippen molar-refractivity contribution in [1.29, 1.82) is 0 Å². The average Bonchev–Trinajstić information content (AvgIpc) is 3.10. The minimum Gasteiger partial charge on any atom is -0.477 e. The Balaban J connectivity index is 2.51. The first-order valence-corrected chi connectivity index (χ1v) is 12.0. The van der Waals surface area contributed by atoms with Gasteiger partial charge < -0.3 is 14.9 Å². The highest BCUT2D eigenvalue weighted by atomic mass is 32.1. The lowest BCUT2D eigenvalue weighted by molar-refractivity contribution is -0.129. The fraction of sp³-hybridized carbons (Fsp3) is 0.640. The zero-order chi connectivity index (χ0) is 24.2. The van der Waals surface area contributed by atoms with E-state index in [1.54, 1.807) is 25.1 Å². The van der Waals surface area contributed by atoms with Crippen LogP contribution in [0.1, 0.15) is 81.3 Å². The van der Waals surface area contributed by atoms with E-state index >= 15 is 0 Å². The maximum atomic E-state index is 13.7. The summed E-state index contributed by atoms with van der Waals surface area (Å²) in [4.78, 5) is 41.9. The Morgan fingerprint density at radius 3 is 2.28 bits per heavy atom. The number of carboxylic acid groups (broad SMARTS) is 1. The van der Waals surface area contributed by atoms with E-state index in [-0.39, 0.29) is 34.4 Å². The molecule has 1 atom stereocenters. The molecule has 0 saturated heterocycles. The van der Waals surface area contributed by atoms with E-state index in [4.69, 9.17) is 0 Å². The van der Waals surface area contributed by atoms with Crippen LogP contribution < -0.4 is 4.90 Å². The van der Waals surface area contributed by atoms with Crippen molar-refractivity contribution in [1.82, 2.24) is 4.90 Å². The van der Waals surface area contributed by atoms with E-state index < -0.39 is 12.0 Å². The number of aromatic carboxylic acids is 1. The number of carbonyl (C=O) groups excluding carboxylic acids is 2. The lowest BCUT2D eigenvalue weighted by Crippen LogP contribution is -2.45. The van der Waals surface area contributed by atoms with Gasteiger partial charge in [0.25, 0.3) is 0 Å². The second-order valence-electron chi connectivity index (χ2n) is 10.1. The van der Waals surface area contributed by atoms with Gasteiger partial charge in [0.15, 0.2) is 0 Å². The molecule has 1 saturated carbocycles. The van der Waals surface area contributed by atoms with Crippen molar-refractivity contribution in [3.8, 4) is 11.8 Å². The lowest BCUT2D eigenvalue weighted by Gasteiger charge is -2.35. The molecule has 0 spiro atoms. The Hall–Kier alpha value is -2.33. The van der Waals surface area contributed by atoms with Gasteiger partial charge in [-0.15, -0.1) is 11.3 Å². The maximum absolute atomic E-state index is 13.7. The van der Waals surface area contributed by atoms with Gasteiger partial charge in [-0.05, 0) is 65.4 Å². The van der Waals surface area contributed by atoms with Crippen molar-refractivity contribution in [2.24, 2.45) is 17.3 Å². The quantitative estimate of drug-likeness (QED) is 0.615. The number of nitrogens with zero attached hydrogens (tertiary/aromatic N) is 2. The Kier molecular flexibility index (Phi) is 8.53. The number of rotatable bonds is 6. The smallest absolute Gasteiger partial charge is 0.348 e. The first kappa shape index (κ1) is 25.9. The molecule has 1 aliphatic rings. The molecule has 0 radical (unpaired) electrons. The summed E-state index contributed by atoms with van der Waals surface area (Å²) < 4.78 is 0. The normalized spacial score (nSPS) is 19.5. The molecule has 1 N–H and O–H groups in total. The average molecular weight is 461 g/mol. The van der Waals surface area contributed by atoms with Crippen LogP contribution in [0.15, 0.2) is 6.07 Å². The van der Waals surface area contributed by atoms with Crippen molar-refractivity contribution in [2.45, 2.75) is 72.8 Å². The topological polar surface area (TPSA) is 77.9 Å². The number of hydrogen-bond acceptors (Lipinski definition) is 4. The van der Waals surface area contributed by atoms with E-state index in [2.05, 4.69) is 18.8 Å². The van der Waals surface area contributed by atoms with Crippen molar-refractivity contribution >= 4 is 34.8 Å². The molecule has 6 nitrogen and oxygen atoms in total. The van der Waals surface area contributed by atoms with Gasteiger partial charge in [-0.1, -0.05) is 18.8 Å². The van der Waals surface area contributed by atoms with Gasteiger partial charge in [-0.2, -0.15) is 0 Å². The highest BCUT2D eigenvalue weighted by Crippen LogP contribution is 2.36. The van der Waals surface area contributed by atoms with Gasteiger partial charge >= 0.3 is 5.97 Å². The Morgan fingerprint density at radius 1 is 1.19 bits per heavy atom. The van der Waals surface area contributed by atoms with Gasteiger partial charge in [-0.3, -0.25) is 9.59 Å². The van der Waals surface area contributed by atoms with Gasteiger partial charge in [0.2, 0.25) is 11.8 Å². The van der Waals surface area contributed by atoms with Crippen molar-refractivity contribution in [3.63, 3.8) is 0 Å². The summed E-state index contributed by atoms with van der Waals surface area (Å²) in [5.41, 5.74) is 0.121. The first-order valence-electron chi connectivity index (χ1n) is 11.2. The minimum atomic E-state index is -1.09. The van der Waals surface area contributed by atoms with Crippen LogP contribution in [0, 0.1) is 29.1 Å². The number of anilines is 1. The van der Waals surface area contributed by atoms with Crippen LogP contribution in [-0.2, 0) is 9.59 Å². The SMILES string of the molecule is CC1CCC(C(=O)N(c2cc(C#CC(C)(C)C)sc2C(=O)O)[C@H](C)CC(=O)N(C)C)CC1. The Morgan fingerprint density at radius 2 is 1.78 bits per heavy atom. The molecule has 2 amide bonds. The second kappa shape index (κ2) is 10.5. The Labute approximate surface area is 196 Å². The first-order chi connectivity index (χ1) is 14.8. The predicted molar refractivity (Wildman–Crippen MR) is 129 cm³/mol. The third-order valence-corrected chi connectivity index (χ3v) is 6.77. The summed E-state index contributed by atoms with van der Waals surface area (Å²) in [7, 11) is 3.36. The molecular weight excluding hydrogens is 424 g/mol. The van der Waals surface area contributed by atoms with Crippen LogP contribution in [0.4, 0.5) is 5.69 Å². The standard InChI is InChI=1S/C25H36N2O4S/c1-16-8-10-18(11-9-16)23(29)27(17(2)14-21(28)26(6)7)20-15-19(12-13-25(3,4)5)32-22(20)24(30)31/h15-18H,8-11,14H2,1-7H3,(H,30,31)/t16?,17-,18?/m1/s1. The molecule has 0 aromatic carbocycles. The summed E-state index contributed by atoms with van der Waals surface area (Å²) >= 11 is 1.08. The molecule has 1 aromatic heterocycles. The molecule has 1 aromatic rings. The largest absolute Gasteiger partial charge is 0.477 e. The molecule has 7 heteroatoms. The van der Waals surface area contributed by atoms with Crippen LogP contribution in [0.2, 0.25) is 0 Å². The number of hydrogen-bond donors (Lipinski definition) is 1. The highest BCUT2D eigenvalue weighted by molar-refractivity contribution is 7.15. The lowest BCUT2D eigenvalue weighted by atomic mass is 9.82. The molecule has 176 valence electrons. The summed E-state index contributed by atoms with van der Waals surface area (Å²) in [5, 5.41) is 9.88. The zero-order valence-corrected chi connectivity index (χ0v) is 21.1. The van der Waals surface area contributed by atoms with Crippen molar-refractivity contribution in [2.75, 3.05) is 19.0 Å². The van der Waals surface area contributed by atoms with Crippen LogP contribution in [0.3, 0.4) is 0 Å². The maximum Gasteiger partial charge on any atom is 0.348 e. The molecule has 1 heterocycles. The highest BCUT2D eigenvalue weighted by Gasteiger charge is 2.35. The third kappa shape index (κ3) is 6.83.